The number of hydrogen-bond donors (Lipinski definition) is 1. The first-order chi connectivity index (χ1) is 12.8. The van der Waals surface area contributed by atoms with Gasteiger partial charge in [0.1, 0.15) is 23.7 Å². The maximum Gasteiger partial charge on any atom is 0.475 e. The van der Waals surface area contributed by atoms with Gasteiger partial charge in [-0.25, -0.2) is 14.1 Å². The fraction of sp³-hybridized carbons (Fsp3) is 0.562. The number of rotatable bonds is 3. The Labute approximate surface area is 155 Å². The predicted octanol–water partition coefficient (Wildman–Crippen LogP) is 2.23. The van der Waals surface area contributed by atoms with Crippen molar-refractivity contribution in [3.05, 3.63) is 24.2 Å². The molecule has 144 valence electrons. The molecule has 10 nitrogen and oxygen atoms in total. The van der Waals surface area contributed by atoms with Gasteiger partial charge in [-0.15, -0.1) is 0 Å². The molecule has 2 fully saturated rings. The van der Waals surface area contributed by atoms with Crippen LogP contribution >= 0.6 is 7.82 Å². The van der Waals surface area contributed by atoms with Crippen LogP contribution in [0.5, 0.6) is 0 Å². The van der Waals surface area contributed by atoms with Crippen LogP contribution in [0.3, 0.4) is 0 Å². The summed E-state index contributed by atoms with van der Waals surface area (Å²) < 4.78 is 36.7. The summed E-state index contributed by atoms with van der Waals surface area (Å²) in [6, 6.07) is 3.91. The Morgan fingerprint density at radius 1 is 1.56 bits per heavy atom. The zero-order chi connectivity index (χ0) is 19.4. The smallest absolute Gasteiger partial charge is 0.396 e. The van der Waals surface area contributed by atoms with Gasteiger partial charge in [0.05, 0.1) is 42.6 Å². The molecule has 0 aliphatic carbocycles. The molecule has 0 bridgehead atoms. The van der Waals surface area contributed by atoms with Gasteiger partial charge >= 0.3 is 7.82 Å². The van der Waals surface area contributed by atoms with Crippen LogP contribution in [0.1, 0.15) is 32.6 Å². The van der Waals surface area contributed by atoms with Crippen LogP contribution in [0, 0.1) is 16.7 Å². The molecular weight excluding hydrogens is 373 g/mol. The molecule has 0 aromatic carbocycles. The fourth-order valence-corrected chi connectivity index (χ4v) is 5.13. The first-order valence-corrected chi connectivity index (χ1v) is 9.99. The predicted molar refractivity (Wildman–Crippen MR) is 93.4 cm³/mol. The number of ether oxygens (including phenoxy) is 1. The summed E-state index contributed by atoms with van der Waals surface area (Å²) >= 11 is 0. The molecule has 0 saturated carbocycles. The van der Waals surface area contributed by atoms with Gasteiger partial charge in [0.25, 0.3) is 0 Å². The van der Waals surface area contributed by atoms with Gasteiger partial charge in [-0.3, -0.25) is 13.6 Å². The molecular formula is C16H20N5O5P. The summed E-state index contributed by atoms with van der Waals surface area (Å²) in [7, 11) is -3.78. The van der Waals surface area contributed by atoms with E-state index in [-0.39, 0.29) is 12.7 Å². The van der Waals surface area contributed by atoms with Crippen molar-refractivity contribution in [1.29, 1.82) is 5.26 Å². The zero-order valence-electron chi connectivity index (χ0n) is 15.1. The number of phosphoric acid groups is 1. The van der Waals surface area contributed by atoms with E-state index in [1.807, 2.05) is 0 Å². The van der Waals surface area contributed by atoms with Crippen molar-refractivity contribution in [2.45, 2.75) is 45.2 Å². The topological polar surface area (TPSA) is 134 Å². The molecule has 5 atom stereocenters. The van der Waals surface area contributed by atoms with Crippen LogP contribution in [-0.4, -0.2) is 39.5 Å². The van der Waals surface area contributed by atoms with E-state index in [2.05, 4.69) is 16.2 Å². The van der Waals surface area contributed by atoms with Crippen LogP contribution in [0.2, 0.25) is 0 Å². The SMILES string of the molecule is CC(C)O[P@@]1(=O)OC[C@H]2O[C@@H](c3cnc4c(N)ccnn34)[C@](C)(C#N)[C@@H]2O1. The Kier molecular flexibility index (Phi) is 4.25. The second-order valence-electron chi connectivity index (χ2n) is 7.08. The maximum absolute atomic E-state index is 12.8. The molecule has 2 aliphatic rings. The minimum absolute atomic E-state index is 0.00522. The van der Waals surface area contributed by atoms with Gasteiger partial charge in [-0.1, -0.05) is 0 Å². The zero-order valence-corrected chi connectivity index (χ0v) is 16.0. The summed E-state index contributed by atoms with van der Waals surface area (Å²) in [5, 5.41) is 14.2. The van der Waals surface area contributed by atoms with Crippen LogP contribution in [0.25, 0.3) is 5.65 Å². The van der Waals surface area contributed by atoms with Gasteiger partial charge in [-0.05, 0) is 26.8 Å². The van der Waals surface area contributed by atoms with Crippen molar-refractivity contribution in [2.24, 2.45) is 5.41 Å². The lowest BCUT2D eigenvalue weighted by molar-refractivity contribution is -0.0640. The molecule has 2 aromatic heterocycles. The Hall–Kier alpha value is -2.02. The first-order valence-electron chi connectivity index (χ1n) is 8.53. The fourth-order valence-electron chi connectivity index (χ4n) is 3.48. The summed E-state index contributed by atoms with van der Waals surface area (Å²) in [6.07, 6.45) is 0.660. The molecule has 0 unspecified atom stereocenters. The van der Waals surface area contributed by atoms with Gasteiger partial charge in [-0.2, -0.15) is 10.4 Å². The first kappa shape index (κ1) is 18.3. The second-order valence-corrected chi connectivity index (χ2v) is 8.65. The lowest BCUT2D eigenvalue weighted by Crippen LogP contribution is -2.42. The number of nitrogens with two attached hydrogens (primary N) is 1. The van der Waals surface area contributed by atoms with E-state index in [1.54, 1.807) is 39.2 Å². The van der Waals surface area contributed by atoms with E-state index in [0.29, 0.717) is 17.0 Å². The number of anilines is 1. The largest absolute Gasteiger partial charge is 0.475 e. The minimum Gasteiger partial charge on any atom is -0.396 e. The van der Waals surface area contributed by atoms with Crippen LogP contribution < -0.4 is 5.73 Å². The molecule has 11 heteroatoms. The number of hydrogen-bond acceptors (Lipinski definition) is 9. The summed E-state index contributed by atoms with van der Waals surface area (Å²) in [5.41, 5.74) is 6.26. The number of imidazole rings is 1. The molecule has 27 heavy (non-hydrogen) atoms. The van der Waals surface area contributed by atoms with Crippen LogP contribution in [0.15, 0.2) is 18.5 Å². The van der Waals surface area contributed by atoms with E-state index in [1.165, 1.54) is 4.52 Å². The van der Waals surface area contributed by atoms with Crippen molar-refractivity contribution >= 4 is 19.2 Å². The molecule has 4 heterocycles. The molecule has 2 aromatic rings. The lowest BCUT2D eigenvalue weighted by Gasteiger charge is -2.34. The third kappa shape index (κ3) is 2.83. The summed E-state index contributed by atoms with van der Waals surface area (Å²) in [6.45, 7) is 5.14. The average molecular weight is 393 g/mol. The van der Waals surface area contributed by atoms with Crippen molar-refractivity contribution in [1.82, 2.24) is 14.6 Å². The maximum atomic E-state index is 12.8. The standard InChI is InChI=1S/C16H20N5O5P/c1-9(2)25-27(22)23-7-12-14(26-27)16(3,8-17)13(24-12)11-6-19-15-10(18)4-5-20-21(11)15/h4-6,9,12-14H,7,18H2,1-3H3/t12-,13+,14-,16+,27-/m1/s1. The average Bonchev–Trinajstić information content (AvgIpc) is 3.15. The van der Waals surface area contributed by atoms with Gasteiger partial charge in [0.2, 0.25) is 0 Å². The molecule has 2 saturated heterocycles. The Bertz CT molecular complexity index is 972. The lowest BCUT2D eigenvalue weighted by atomic mass is 9.80. The molecule has 2 aliphatic heterocycles. The third-order valence-electron chi connectivity index (χ3n) is 4.73. The van der Waals surface area contributed by atoms with Crippen LogP contribution in [0.4, 0.5) is 5.69 Å². The molecule has 0 amide bonds. The van der Waals surface area contributed by atoms with Crippen molar-refractivity contribution in [3.63, 3.8) is 0 Å². The molecule has 2 N–H and O–H groups in total. The highest BCUT2D eigenvalue weighted by atomic mass is 31.2. The van der Waals surface area contributed by atoms with E-state index >= 15 is 0 Å². The molecule has 0 radical (unpaired) electrons. The minimum atomic E-state index is -3.78. The van der Waals surface area contributed by atoms with E-state index in [9.17, 15) is 9.83 Å². The Morgan fingerprint density at radius 3 is 3.04 bits per heavy atom. The Balaban J connectivity index is 1.73. The van der Waals surface area contributed by atoms with E-state index in [0.717, 1.165) is 0 Å². The highest BCUT2D eigenvalue weighted by Gasteiger charge is 2.61. The molecule has 4 rings (SSSR count). The number of phosphoric ester groups is 1. The number of nitriles is 1. The highest BCUT2D eigenvalue weighted by molar-refractivity contribution is 7.48. The number of aromatic nitrogens is 3. The van der Waals surface area contributed by atoms with Gasteiger partial charge in [0, 0.05) is 0 Å². The van der Waals surface area contributed by atoms with Gasteiger partial charge < -0.3 is 10.5 Å². The second kappa shape index (κ2) is 6.26. The molecule has 0 spiro atoms. The monoisotopic (exact) mass is 393 g/mol. The van der Waals surface area contributed by atoms with Crippen molar-refractivity contribution in [3.8, 4) is 6.07 Å². The van der Waals surface area contributed by atoms with Crippen molar-refractivity contribution < 1.29 is 22.9 Å². The number of nitrogen functional groups attached to an aromatic ring is 1. The Morgan fingerprint density at radius 2 is 2.33 bits per heavy atom. The third-order valence-corrected chi connectivity index (χ3v) is 6.36. The van der Waals surface area contributed by atoms with Gasteiger partial charge in [0.15, 0.2) is 5.65 Å². The number of fused-ring (bicyclic) bond motifs is 2. The van der Waals surface area contributed by atoms with Crippen LogP contribution in [-0.2, 0) is 22.9 Å². The number of nitrogens with zero attached hydrogens (tertiary/aromatic N) is 4. The van der Waals surface area contributed by atoms with E-state index in [4.69, 9.17) is 24.0 Å². The quantitative estimate of drug-likeness (QED) is 0.779. The summed E-state index contributed by atoms with van der Waals surface area (Å²) in [4.78, 5) is 4.28. The highest BCUT2D eigenvalue weighted by Crippen LogP contribution is 2.62. The normalized spacial score (nSPS) is 36.0. The summed E-state index contributed by atoms with van der Waals surface area (Å²) in [5.74, 6) is 0. The van der Waals surface area contributed by atoms with E-state index < -0.39 is 31.5 Å². The van der Waals surface area contributed by atoms with Crippen molar-refractivity contribution in [2.75, 3.05) is 12.3 Å².